The zero-order valence-electron chi connectivity index (χ0n) is 17.2. The smallest absolute Gasteiger partial charge is 0.254 e. The van der Waals surface area contributed by atoms with Crippen LogP contribution in [-0.2, 0) is 10.0 Å². The molecule has 28 heavy (non-hydrogen) atoms. The summed E-state index contributed by atoms with van der Waals surface area (Å²) in [6.07, 6.45) is 0. The maximum Gasteiger partial charge on any atom is 0.254 e. The molecule has 2 aromatic carbocycles. The van der Waals surface area contributed by atoms with Crippen LogP contribution in [-0.4, -0.2) is 50.8 Å². The van der Waals surface area contributed by atoms with E-state index in [0.717, 1.165) is 5.56 Å². The van der Waals surface area contributed by atoms with Crippen molar-refractivity contribution in [3.63, 3.8) is 0 Å². The standard InChI is InChI=1S/C21H28N2O4S/c1-15(2)23(5)28(25,26)18-13-11-17(12-14-18)21(24)22(4)16(3)19-9-7-8-10-20(19)27-6/h7-16H,1-6H3. The van der Waals surface area contributed by atoms with Gasteiger partial charge in [0.25, 0.3) is 5.91 Å². The Hall–Kier alpha value is -2.38. The van der Waals surface area contributed by atoms with E-state index in [2.05, 4.69) is 0 Å². The molecular weight excluding hydrogens is 376 g/mol. The van der Waals surface area contributed by atoms with Crippen LogP contribution in [0.4, 0.5) is 0 Å². The largest absolute Gasteiger partial charge is 0.496 e. The van der Waals surface area contributed by atoms with Gasteiger partial charge in [-0.25, -0.2) is 8.42 Å². The first-order chi connectivity index (χ1) is 13.1. The normalized spacial score (nSPS) is 12.9. The van der Waals surface area contributed by atoms with E-state index in [9.17, 15) is 13.2 Å². The van der Waals surface area contributed by atoms with Gasteiger partial charge in [0.05, 0.1) is 18.0 Å². The number of rotatable bonds is 7. The molecule has 0 bridgehead atoms. The molecule has 0 aliphatic carbocycles. The Labute approximate surface area is 167 Å². The molecule has 0 aliphatic rings. The van der Waals surface area contributed by atoms with Crippen molar-refractivity contribution in [2.45, 2.75) is 37.8 Å². The van der Waals surface area contributed by atoms with Crippen LogP contribution in [0.25, 0.3) is 0 Å². The van der Waals surface area contributed by atoms with Crippen molar-refractivity contribution in [1.29, 1.82) is 0 Å². The molecule has 2 rings (SSSR count). The van der Waals surface area contributed by atoms with E-state index in [4.69, 9.17) is 4.74 Å². The number of hydrogen-bond donors (Lipinski definition) is 0. The molecule has 1 atom stereocenters. The van der Waals surface area contributed by atoms with Crippen LogP contribution < -0.4 is 4.74 Å². The van der Waals surface area contributed by atoms with Crippen LogP contribution in [0.1, 0.15) is 42.7 Å². The van der Waals surface area contributed by atoms with Crippen LogP contribution in [0, 0.1) is 0 Å². The third-order valence-electron chi connectivity index (χ3n) is 5.00. The number of ether oxygens (including phenoxy) is 1. The van der Waals surface area contributed by atoms with Gasteiger partial charge >= 0.3 is 0 Å². The molecule has 152 valence electrons. The van der Waals surface area contributed by atoms with Gasteiger partial charge in [-0.1, -0.05) is 18.2 Å². The van der Waals surface area contributed by atoms with Crippen molar-refractivity contribution in [3.05, 3.63) is 59.7 Å². The quantitative estimate of drug-likeness (QED) is 0.708. The molecule has 0 saturated heterocycles. The maximum absolute atomic E-state index is 12.9. The number of carbonyl (C=O) groups excluding carboxylic acids is 1. The van der Waals surface area contributed by atoms with Crippen molar-refractivity contribution in [2.75, 3.05) is 21.2 Å². The number of para-hydroxylation sites is 1. The number of sulfonamides is 1. The minimum atomic E-state index is -3.58. The summed E-state index contributed by atoms with van der Waals surface area (Å²) in [5, 5.41) is 0. The zero-order valence-corrected chi connectivity index (χ0v) is 18.0. The Morgan fingerprint density at radius 2 is 1.54 bits per heavy atom. The van der Waals surface area contributed by atoms with Gasteiger partial charge in [-0.3, -0.25) is 4.79 Å². The second kappa shape index (κ2) is 8.75. The SMILES string of the molecule is COc1ccccc1C(C)N(C)C(=O)c1ccc(S(=O)(=O)N(C)C(C)C)cc1. The van der Waals surface area contributed by atoms with Crippen LogP contribution in [0.3, 0.4) is 0 Å². The molecule has 2 aromatic rings. The van der Waals surface area contributed by atoms with Crippen molar-refractivity contribution < 1.29 is 17.9 Å². The molecule has 0 spiro atoms. The Balaban J connectivity index is 2.25. The lowest BCUT2D eigenvalue weighted by molar-refractivity contribution is 0.0741. The first-order valence-electron chi connectivity index (χ1n) is 9.09. The van der Waals surface area contributed by atoms with Crippen LogP contribution in [0.2, 0.25) is 0 Å². The molecule has 0 heterocycles. The highest BCUT2D eigenvalue weighted by Gasteiger charge is 2.25. The topological polar surface area (TPSA) is 66.9 Å². The summed E-state index contributed by atoms with van der Waals surface area (Å²) >= 11 is 0. The first-order valence-corrected chi connectivity index (χ1v) is 10.5. The second-order valence-corrected chi connectivity index (χ2v) is 8.97. The van der Waals surface area contributed by atoms with Crippen LogP contribution in [0.5, 0.6) is 5.75 Å². The lowest BCUT2D eigenvalue weighted by Crippen LogP contribution is -2.33. The van der Waals surface area contributed by atoms with E-state index in [1.807, 2.05) is 45.0 Å². The summed E-state index contributed by atoms with van der Waals surface area (Å²) in [6, 6.07) is 13.2. The summed E-state index contributed by atoms with van der Waals surface area (Å²) < 4.78 is 31.8. The molecule has 0 N–H and O–H groups in total. The molecular formula is C21H28N2O4S. The number of carbonyl (C=O) groups is 1. The Morgan fingerprint density at radius 1 is 0.964 bits per heavy atom. The van der Waals surface area contributed by atoms with Crippen molar-refractivity contribution in [2.24, 2.45) is 0 Å². The number of methoxy groups -OCH3 is 1. The molecule has 0 aliphatic heterocycles. The lowest BCUT2D eigenvalue weighted by Gasteiger charge is -2.27. The summed E-state index contributed by atoms with van der Waals surface area (Å²) in [6.45, 7) is 5.54. The third kappa shape index (κ3) is 4.36. The fourth-order valence-corrected chi connectivity index (χ4v) is 4.18. The van der Waals surface area contributed by atoms with E-state index in [1.54, 1.807) is 38.2 Å². The average Bonchev–Trinajstić information content (AvgIpc) is 2.71. The highest BCUT2D eigenvalue weighted by molar-refractivity contribution is 7.89. The van der Waals surface area contributed by atoms with Gasteiger partial charge in [-0.15, -0.1) is 0 Å². The predicted molar refractivity (Wildman–Crippen MR) is 110 cm³/mol. The van der Waals surface area contributed by atoms with Gasteiger partial charge in [0.15, 0.2) is 0 Å². The molecule has 1 unspecified atom stereocenters. The summed E-state index contributed by atoms with van der Waals surface area (Å²) in [5.74, 6) is 0.521. The number of amides is 1. The van der Waals surface area contributed by atoms with Gasteiger partial charge < -0.3 is 9.64 Å². The van der Waals surface area contributed by atoms with Gasteiger partial charge in [-0.2, -0.15) is 4.31 Å². The monoisotopic (exact) mass is 404 g/mol. The van der Waals surface area contributed by atoms with Gasteiger partial charge in [-0.05, 0) is 51.1 Å². The van der Waals surface area contributed by atoms with Gasteiger partial charge in [0, 0.05) is 31.3 Å². The molecule has 0 aromatic heterocycles. The van der Waals surface area contributed by atoms with Gasteiger partial charge in [0.2, 0.25) is 10.0 Å². The fourth-order valence-electron chi connectivity index (χ4n) is 2.81. The van der Waals surface area contributed by atoms with E-state index in [0.29, 0.717) is 11.3 Å². The van der Waals surface area contributed by atoms with E-state index in [-0.39, 0.29) is 22.9 Å². The molecule has 0 fully saturated rings. The second-order valence-electron chi connectivity index (χ2n) is 6.97. The van der Waals surface area contributed by atoms with E-state index in [1.165, 1.54) is 16.4 Å². The summed E-state index contributed by atoms with van der Waals surface area (Å²) in [4.78, 5) is 14.7. The molecule has 0 saturated carbocycles. The number of nitrogens with zero attached hydrogens (tertiary/aromatic N) is 2. The molecule has 0 radical (unpaired) electrons. The lowest BCUT2D eigenvalue weighted by atomic mass is 10.0. The van der Waals surface area contributed by atoms with E-state index < -0.39 is 10.0 Å². The predicted octanol–water partition coefficient (Wildman–Crippen LogP) is 3.56. The molecule has 6 nitrogen and oxygen atoms in total. The number of benzene rings is 2. The number of hydrogen-bond acceptors (Lipinski definition) is 4. The first kappa shape index (κ1) is 21.9. The van der Waals surface area contributed by atoms with Crippen molar-refractivity contribution in [3.8, 4) is 5.75 Å². The highest BCUT2D eigenvalue weighted by Crippen LogP contribution is 2.29. The van der Waals surface area contributed by atoms with Crippen LogP contribution >= 0.6 is 0 Å². The minimum absolute atomic E-state index is 0.154. The Bertz CT molecular complexity index is 924. The van der Waals surface area contributed by atoms with Crippen molar-refractivity contribution >= 4 is 15.9 Å². The minimum Gasteiger partial charge on any atom is -0.496 e. The average molecular weight is 405 g/mol. The van der Waals surface area contributed by atoms with Crippen LogP contribution in [0.15, 0.2) is 53.4 Å². The van der Waals surface area contributed by atoms with Crippen molar-refractivity contribution in [1.82, 2.24) is 9.21 Å². The Morgan fingerprint density at radius 3 is 2.07 bits per heavy atom. The van der Waals surface area contributed by atoms with Gasteiger partial charge in [0.1, 0.15) is 5.75 Å². The highest BCUT2D eigenvalue weighted by atomic mass is 32.2. The zero-order chi connectivity index (χ0) is 21.1. The maximum atomic E-state index is 12.9. The molecule has 1 amide bonds. The fraction of sp³-hybridized carbons (Fsp3) is 0.381. The summed E-state index contributed by atoms with van der Waals surface area (Å²) in [7, 11) is 1.28. The van der Waals surface area contributed by atoms with E-state index >= 15 is 0 Å². The Kier molecular flexibility index (Phi) is 6.85. The summed E-state index contributed by atoms with van der Waals surface area (Å²) in [5.41, 5.74) is 1.33. The third-order valence-corrected chi connectivity index (χ3v) is 7.04. The molecule has 7 heteroatoms.